The van der Waals surface area contributed by atoms with Crippen molar-refractivity contribution >= 4 is 17.9 Å². The Morgan fingerprint density at radius 1 is 1.37 bits per heavy atom. The zero-order valence-corrected chi connectivity index (χ0v) is 10.9. The van der Waals surface area contributed by atoms with Crippen LogP contribution in [0.3, 0.4) is 0 Å². The van der Waals surface area contributed by atoms with Gasteiger partial charge in [0.25, 0.3) is 0 Å². The highest BCUT2D eigenvalue weighted by molar-refractivity contribution is 5.95. The molecule has 0 spiro atoms. The zero-order valence-electron chi connectivity index (χ0n) is 10.9. The standard InChI is InChI=1S/C14H17FN2O2/c1-3-16-14(19)10(2)17-13(18)9-8-11-6-4-5-7-12(11)15/h4-10H,3H2,1-2H3,(H,16,19)(H,17,18)/b9-8+/t10-/m0/s1. The van der Waals surface area contributed by atoms with Gasteiger partial charge >= 0.3 is 0 Å². The molecule has 0 aliphatic rings. The molecule has 0 aliphatic carbocycles. The summed E-state index contributed by atoms with van der Waals surface area (Å²) in [6.45, 7) is 3.88. The number of nitrogens with one attached hydrogen (secondary N) is 2. The van der Waals surface area contributed by atoms with Crippen LogP contribution in [0.1, 0.15) is 19.4 Å². The maximum absolute atomic E-state index is 13.3. The van der Waals surface area contributed by atoms with Gasteiger partial charge in [-0.1, -0.05) is 18.2 Å². The number of hydrogen-bond donors (Lipinski definition) is 2. The van der Waals surface area contributed by atoms with Crippen molar-refractivity contribution in [3.63, 3.8) is 0 Å². The Labute approximate surface area is 111 Å². The third kappa shape index (κ3) is 4.91. The van der Waals surface area contributed by atoms with Crippen LogP contribution in [-0.2, 0) is 9.59 Å². The number of benzene rings is 1. The fraction of sp³-hybridized carbons (Fsp3) is 0.286. The quantitative estimate of drug-likeness (QED) is 0.791. The van der Waals surface area contributed by atoms with E-state index in [4.69, 9.17) is 0 Å². The average molecular weight is 264 g/mol. The maximum atomic E-state index is 13.3. The SMILES string of the molecule is CCNC(=O)[C@H](C)NC(=O)/C=C/c1ccccc1F. The molecule has 0 heterocycles. The highest BCUT2D eigenvalue weighted by atomic mass is 19.1. The molecule has 1 atom stereocenters. The van der Waals surface area contributed by atoms with E-state index >= 15 is 0 Å². The first-order chi connectivity index (χ1) is 9.04. The van der Waals surface area contributed by atoms with Crippen LogP contribution in [0, 0.1) is 5.82 Å². The molecule has 0 bridgehead atoms. The lowest BCUT2D eigenvalue weighted by atomic mass is 10.2. The molecular formula is C14H17FN2O2. The van der Waals surface area contributed by atoms with Crippen molar-refractivity contribution in [3.8, 4) is 0 Å². The van der Waals surface area contributed by atoms with Gasteiger partial charge in [0, 0.05) is 18.2 Å². The minimum absolute atomic E-state index is 0.254. The van der Waals surface area contributed by atoms with Gasteiger partial charge in [-0.15, -0.1) is 0 Å². The normalized spacial score (nSPS) is 12.2. The Morgan fingerprint density at radius 2 is 2.05 bits per heavy atom. The monoisotopic (exact) mass is 264 g/mol. The van der Waals surface area contributed by atoms with E-state index in [2.05, 4.69) is 10.6 Å². The number of rotatable bonds is 5. The third-order valence-corrected chi connectivity index (χ3v) is 2.42. The first kappa shape index (κ1) is 14.9. The summed E-state index contributed by atoms with van der Waals surface area (Å²) in [7, 11) is 0. The largest absolute Gasteiger partial charge is 0.355 e. The lowest BCUT2D eigenvalue weighted by molar-refractivity contribution is -0.126. The first-order valence-electron chi connectivity index (χ1n) is 6.05. The van der Waals surface area contributed by atoms with Gasteiger partial charge in [-0.25, -0.2) is 4.39 Å². The van der Waals surface area contributed by atoms with Crippen LogP contribution in [-0.4, -0.2) is 24.4 Å². The molecule has 5 heteroatoms. The molecule has 1 rings (SSSR count). The van der Waals surface area contributed by atoms with E-state index < -0.39 is 17.8 Å². The van der Waals surface area contributed by atoms with E-state index in [1.54, 1.807) is 32.0 Å². The second-order valence-corrected chi connectivity index (χ2v) is 3.98. The van der Waals surface area contributed by atoms with Crippen molar-refractivity contribution in [2.45, 2.75) is 19.9 Å². The summed E-state index contributed by atoms with van der Waals surface area (Å²) in [4.78, 5) is 22.9. The average Bonchev–Trinajstić information content (AvgIpc) is 2.38. The molecule has 0 aromatic heterocycles. The van der Waals surface area contributed by atoms with Gasteiger partial charge in [0.05, 0.1) is 0 Å². The molecule has 1 aromatic rings. The molecule has 0 radical (unpaired) electrons. The predicted octanol–water partition coefficient (Wildman–Crippen LogP) is 1.48. The van der Waals surface area contributed by atoms with Crippen LogP contribution in [0.4, 0.5) is 4.39 Å². The van der Waals surface area contributed by atoms with Crippen molar-refractivity contribution in [2.24, 2.45) is 0 Å². The van der Waals surface area contributed by atoms with Gasteiger partial charge in [-0.3, -0.25) is 9.59 Å². The summed E-state index contributed by atoms with van der Waals surface area (Å²) >= 11 is 0. The van der Waals surface area contributed by atoms with Crippen molar-refractivity contribution in [2.75, 3.05) is 6.54 Å². The second kappa shape index (κ2) is 7.31. The molecule has 0 unspecified atom stereocenters. The lowest BCUT2D eigenvalue weighted by Crippen LogP contribution is -2.44. The molecule has 2 amide bonds. The lowest BCUT2D eigenvalue weighted by Gasteiger charge is -2.11. The second-order valence-electron chi connectivity index (χ2n) is 3.98. The molecule has 4 nitrogen and oxygen atoms in total. The molecule has 0 saturated heterocycles. The van der Waals surface area contributed by atoms with Gasteiger partial charge in [0.2, 0.25) is 11.8 Å². The number of hydrogen-bond acceptors (Lipinski definition) is 2. The molecule has 0 fully saturated rings. The van der Waals surface area contributed by atoms with E-state index in [1.807, 2.05) is 0 Å². The van der Waals surface area contributed by atoms with Crippen LogP contribution >= 0.6 is 0 Å². The van der Waals surface area contributed by atoms with Crippen LogP contribution in [0.15, 0.2) is 30.3 Å². The summed E-state index contributed by atoms with van der Waals surface area (Å²) in [6, 6.07) is 5.50. The first-order valence-corrected chi connectivity index (χ1v) is 6.05. The topological polar surface area (TPSA) is 58.2 Å². The molecular weight excluding hydrogens is 247 g/mol. The van der Waals surface area contributed by atoms with Gasteiger partial charge in [-0.2, -0.15) is 0 Å². The van der Waals surface area contributed by atoms with E-state index in [0.717, 1.165) is 0 Å². The molecule has 2 N–H and O–H groups in total. The highest BCUT2D eigenvalue weighted by Crippen LogP contribution is 2.07. The van der Waals surface area contributed by atoms with Crippen molar-refractivity contribution in [1.82, 2.24) is 10.6 Å². The van der Waals surface area contributed by atoms with E-state index in [0.29, 0.717) is 12.1 Å². The molecule has 0 saturated carbocycles. The summed E-state index contributed by atoms with van der Waals surface area (Å²) in [5, 5.41) is 5.09. The third-order valence-electron chi connectivity index (χ3n) is 2.42. The van der Waals surface area contributed by atoms with Crippen LogP contribution in [0.5, 0.6) is 0 Å². The summed E-state index contributed by atoms with van der Waals surface area (Å²) < 4.78 is 13.3. The van der Waals surface area contributed by atoms with E-state index in [9.17, 15) is 14.0 Å². The van der Waals surface area contributed by atoms with E-state index in [-0.39, 0.29) is 5.91 Å². The Hall–Kier alpha value is -2.17. The predicted molar refractivity (Wildman–Crippen MR) is 71.7 cm³/mol. The number of carbonyl (C=O) groups excluding carboxylic acids is 2. The van der Waals surface area contributed by atoms with Crippen molar-refractivity contribution in [3.05, 3.63) is 41.7 Å². The van der Waals surface area contributed by atoms with Crippen LogP contribution in [0.2, 0.25) is 0 Å². The van der Waals surface area contributed by atoms with Gasteiger partial charge in [0.1, 0.15) is 11.9 Å². The Morgan fingerprint density at radius 3 is 2.68 bits per heavy atom. The zero-order chi connectivity index (χ0) is 14.3. The molecule has 19 heavy (non-hydrogen) atoms. The minimum Gasteiger partial charge on any atom is -0.355 e. The Balaban J connectivity index is 2.56. The number of carbonyl (C=O) groups is 2. The number of halogens is 1. The Bertz CT molecular complexity index is 486. The molecule has 102 valence electrons. The minimum atomic E-state index is -0.627. The summed E-state index contributed by atoms with van der Waals surface area (Å²) in [5.74, 6) is -1.10. The molecule has 0 aliphatic heterocycles. The molecule has 1 aromatic carbocycles. The summed E-state index contributed by atoms with van der Waals surface area (Å²) in [5.41, 5.74) is 0.323. The van der Waals surface area contributed by atoms with E-state index in [1.165, 1.54) is 18.2 Å². The summed E-state index contributed by atoms with van der Waals surface area (Å²) in [6.07, 6.45) is 2.57. The fourth-order valence-electron chi connectivity index (χ4n) is 1.43. The fourth-order valence-corrected chi connectivity index (χ4v) is 1.43. The Kier molecular flexibility index (Phi) is 5.73. The van der Waals surface area contributed by atoms with Crippen molar-refractivity contribution < 1.29 is 14.0 Å². The highest BCUT2D eigenvalue weighted by Gasteiger charge is 2.12. The van der Waals surface area contributed by atoms with Gasteiger partial charge < -0.3 is 10.6 Å². The van der Waals surface area contributed by atoms with Crippen molar-refractivity contribution in [1.29, 1.82) is 0 Å². The smallest absolute Gasteiger partial charge is 0.244 e. The number of amides is 2. The van der Waals surface area contributed by atoms with Crippen LogP contribution < -0.4 is 10.6 Å². The van der Waals surface area contributed by atoms with Gasteiger partial charge in [-0.05, 0) is 26.0 Å². The van der Waals surface area contributed by atoms with Gasteiger partial charge in [0.15, 0.2) is 0 Å². The number of likely N-dealkylation sites (N-methyl/N-ethyl adjacent to an activating group) is 1. The maximum Gasteiger partial charge on any atom is 0.244 e. The van der Waals surface area contributed by atoms with Crippen LogP contribution in [0.25, 0.3) is 6.08 Å².